The number of likely N-dealkylation sites (tertiary alicyclic amines) is 1. The van der Waals surface area contributed by atoms with E-state index < -0.39 is 0 Å². The van der Waals surface area contributed by atoms with E-state index in [1.54, 1.807) is 7.11 Å². The van der Waals surface area contributed by atoms with Crippen LogP contribution in [-0.4, -0.2) is 31.1 Å². The predicted octanol–water partition coefficient (Wildman–Crippen LogP) is 1.62. The molecule has 88 valence electrons. The SMILES string of the molecule is COc1ccccc1CN1CCC[C@H](N)C1. The molecule has 2 rings (SSSR count). The van der Waals surface area contributed by atoms with Gasteiger partial charge in [-0.1, -0.05) is 18.2 Å². The molecule has 0 aromatic heterocycles. The van der Waals surface area contributed by atoms with Crippen LogP contribution >= 0.6 is 0 Å². The number of ether oxygens (including phenoxy) is 1. The van der Waals surface area contributed by atoms with Crippen LogP contribution in [0.15, 0.2) is 24.3 Å². The van der Waals surface area contributed by atoms with E-state index in [9.17, 15) is 0 Å². The van der Waals surface area contributed by atoms with Gasteiger partial charge in [0.1, 0.15) is 5.75 Å². The molecule has 3 nitrogen and oxygen atoms in total. The van der Waals surface area contributed by atoms with Gasteiger partial charge in [-0.15, -0.1) is 0 Å². The Morgan fingerprint density at radius 3 is 3.00 bits per heavy atom. The van der Waals surface area contributed by atoms with Crippen molar-refractivity contribution in [2.45, 2.75) is 25.4 Å². The molecule has 16 heavy (non-hydrogen) atoms. The first kappa shape index (κ1) is 11.4. The maximum atomic E-state index is 5.98. The van der Waals surface area contributed by atoms with Crippen molar-refractivity contribution in [2.24, 2.45) is 5.73 Å². The van der Waals surface area contributed by atoms with Crippen LogP contribution in [0.2, 0.25) is 0 Å². The van der Waals surface area contributed by atoms with Gasteiger partial charge in [-0.05, 0) is 25.5 Å². The molecule has 1 atom stereocenters. The van der Waals surface area contributed by atoms with Crippen LogP contribution in [0, 0.1) is 0 Å². The molecule has 3 heteroatoms. The minimum atomic E-state index is 0.337. The third kappa shape index (κ3) is 2.74. The van der Waals surface area contributed by atoms with Crippen molar-refractivity contribution in [1.29, 1.82) is 0 Å². The van der Waals surface area contributed by atoms with Gasteiger partial charge in [-0.25, -0.2) is 0 Å². The zero-order valence-electron chi connectivity index (χ0n) is 9.86. The van der Waals surface area contributed by atoms with Crippen LogP contribution in [0.4, 0.5) is 0 Å². The Bertz CT molecular complexity index is 340. The molecule has 1 heterocycles. The number of rotatable bonds is 3. The highest BCUT2D eigenvalue weighted by Gasteiger charge is 2.17. The molecule has 1 fully saturated rings. The van der Waals surface area contributed by atoms with Gasteiger partial charge in [-0.2, -0.15) is 0 Å². The molecule has 0 radical (unpaired) electrons. The molecule has 0 saturated carbocycles. The van der Waals surface area contributed by atoms with Crippen molar-refractivity contribution in [2.75, 3.05) is 20.2 Å². The van der Waals surface area contributed by atoms with Crippen molar-refractivity contribution < 1.29 is 4.74 Å². The zero-order valence-corrected chi connectivity index (χ0v) is 9.86. The molecule has 1 aromatic rings. The number of nitrogens with two attached hydrogens (primary N) is 1. The molecule has 0 unspecified atom stereocenters. The van der Waals surface area contributed by atoms with Gasteiger partial charge in [0.2, 0.25) is 0 Å². The van der Waals surface area contributed by atoms with E-state index in [0.29, 0.717) is 6.04 Å². The summed E-state index contributed by atoms with van der Waals surface area (Å²) in [5, 5.41) is 0. The molecule has 0 amide bonds. The average molecular weight is 220 g/mol. The van der Waals surface area contributed by atoms with Crippen LogP contribution in [0.1, 0.15) is 18.4 Å². The quantitative estimate of drug-likeness (QED) is 0.841. The summed E-state index contributed by atoms with van der Waals surface area (Å²) in [5.41, 5.74) is 7.23. The largest absolute Gasteiger partial charge is 0.496 e. The van der Waals surface area contributed by atoms with Gasteiger partial charge in [0.05, 0.1) is 7.11 Å². The maximum Gasteiger partial charge on any atom is 0.123 e. The Morgan fingerprint density at radius 2 is 2.25 bits per heavy atom. The van der Waals surface area contributed by atoms with Crippen LogP contribution in [0.5, 0.6) is 5.75 Å². The van der Waals surface area contributed by atoms with Crippen LogP contribution < -0.4 is 10.5 Å². The summed E-state index contributed by atoms with van der Waals surface area (Å²) in [6.07, 6.45) is 2.36. The Kier molecular flexibility index (Phi) is 3.80. The highest BCUT2D eigenvalue weighted by atomic mass is 16.5. The monoisotopic (exact) mass is 220 g/mol. The molecule has 0 bridgehead atoms. The average Bonchev–Trinajstić information content (AvgIpc) is 2.30. The van der Waals surface area contributed by atoms with Crippen LogP contribution in [0.3, 0.4) is 0 Å². The third-order valence-electron chi connectivity index (χ3n) is 3.13. The van der Waals surface area contributed by atoms with E-state index in [1.165, 1.54) is 12.0 Å². The second-order valence-corrected chi connectivity index (χ2v) is 4.45. The van der Waals surface area contributed by atoms with Gasteiger partial charge < -0.3 is 10.5 Å². The first-order chi connectivity index (χ1) is 7.79. The zero-order chi connectivity index (χ0) is 11.4. The molecule has 0 aliphatic carbocycles. The molecular formula is C13H20N2O. The van der Waals surface area contributed by atoms with E-state index in [2.05, 4.69) is 17.0 Å². The highest BCUT2D eigenvalue weighted by Crippen LogP contribution is 2.20. The first-order valence-electron chi connectivity index (χ1n) is 5.89. The molecule has 1 aromatic carbocycles. The number of methoxy groups -OCH3 is 1. The lowest BCUT2D eigenvalue weighted by Gasteiger charge is -2.30. The van der Waals surface area contributed by atoms with Crippen molar-refractivity contribution in [1.82, 2.24) is 4.90 Å². The topological polar surface area (TPSA) is 38.5 Å². The summed E-state index contributed by atoms with van der Waals surface area (Å²) in [6, 6.07) is 8.54. The van der Waals surface area contributed by atoms with Crippen LogP contribution in [0.25, 0.3) is 0 Å². The van der Waals surface area contributed by atoms with E-state index >= 15 is 0 Å². The van der Waals surface area contributed by atoms with Crippen molar-refractivity contribution in [3.8, 4) is 5.75 Å². The Morgan fingerprint density at radius 1 is 1.44 bits per heavy atom. The summed E-state index contributed by atoms with van der Waals surface area (Å²) >= 11 is 0. The summed E-state index contributed by atoms with van der Waals surface area (Å²) in [6.45, 7) is 3.08. The Balaban J connectivity index is 2.02. The predicted molar refractivity (Wildman–Crippen MR) is 65.5 cm³/mol. The van der Waals surface area contributed by atoms with E-state index in [-0.39, 0.29) is 0 Å². The van der Waals surface area contributed by atoms with Gasteiger partial charge in [0, 0.05) is 24.7 Å². The summed E-state index contributed by atoms with van der Waals surface area (Å²) in [4.78, 5) is 2.41. The lowest BCUT2D eigenvalue weighted by atomic mass is 10.1. The van der Waals surface area contributed by atoms with Gasteiger partial charge >= 0.3 is 0 Å². The maximum absolute atomic E-state index is 5.98. The number of piperidine rings is 1. The third-order valence-corrected chi connectivity index (χ3v) is 3.13. The minimum absolute atomic E-state index is 0.337. The fourth-order valence-electron chi connectivity index (χ4n) is 2.31. The van der Waals surface area contributed by atoms with Crippen molar-refractivity contribution >= 4 is 0 Å². The number of para-hydroxylation sites is 1. The van der Waals surface area contributed by atoms with Crippen molar-refractivity contribution in [3.63, 3.8) is 0 Å². The fourth-order valence-corrected chi connectivity index (χ4v) is 2.31. The Labute approximate surface area is 97.2 Å². The lowest BCUT2D eigenvalue weighted by molar-refractivity contribution is 0.199. The number of hydrogen-bond acceptors (Lipinski definition) is 3. The normalized spacial score (nSPS) is 22.0. The minimum Gasteiger partial charge on any atom is -0.496 e. The molecule has 1 aliphatic heterocycles. The van der Waals surface area contributed by atoms with E-state index in [4.69, 9.17) is 10.5 Å². The van der Waals surface area contributed by atoms with E-state index in [1.807, 2.05) is 12.1 Å². The second kappa shape index (κ2) is 5.32. The molecular weight excluding hydrogens is 200 g/mol. The molecule has 1 aliphatic rings. The first-order valence-corrected chi connectivity index (χ1v) is 5.89. The second-order valence-electron chi connectivity index (χ2n) is 4.45. The number of nitrogens with zero attached hydrogens (tertiary/aromatic N) is 1. The lowest BCUT2D eigenvalue weighted by Crippen LogP contribution is -2.42. The van der Waals surface area contributed by atoms with Gasteiger partial charge in [0.25, 0.3) is 0 Å². The highest BCUT2D eigenvalue weighted by molar-refractivity contribution is 5.33. The summed E-state index contributed by atoms with van der Waals surface area (Å²) < 4.78 is 5.36. The summed E-state index contributed by atoms with van der Waals surface area (Å²) in [7, 11) is 1.72. The fraction of sp³-hybridized carbons (Fsp3) is 0.538. The molecule has 2 N–H and O–H groups in total. The van der Waals surface area contributed by atoms with Crippen LogP contribution in [-0.2, 0) is 6.54 Å². The Hall–Kier alpha value is -1.06. The smallest absolute Gasteiger partial charge is 0.123 e. The standard InChI is InChI=1S/C13H20N2O/c1-16-13-7-3-2-5-11(13)9-15-8-4-6-12(14)10-15/h2-3,5,7,12H,4,6,8-10,14H2,1H3/t12-/m0/s1. The van der Waals surface area contributed by atoms with Gasteiger partial charge in [-0.3, -0.25) is 4.90 Å². The number of hydrogen-bond donors (Lipinski definition) is 1. The molecule has 1 saturated heterocycles. The van der Waals surface area contributed by atoms with Gasteiger partial charge in [0.15, 0.2) is 0 Å². The summed E-state index contributed by atoms with van der Waals surface area (Å²) in [5.74, 6) is 0.974. The van der Waals surface area contributed by atoms with Crippen molar-refractivity contribution in [3.05, 3.63) is 29.8 Å². The van der Waals surface area contributed by atoms with E-state index in [0.717, 1.165) is 31.8 Å². The molecule has 0 spiro atoms. The number of benzene rings is 1.